The van der Waals surface area contributed by atoms with Gasteiger partial charge in [-0.3, -0.25) is 4.79 Å². The largest absolute Gasteiger partial charge is 0.367 e. The van der Waals surface area contributed by atoms with E-state index in [9.17, 15) is 4.79 Å². The van der Waals surface area contributed by atoms with Gasteiger partial charge in [0.15, 0.2) is 5.78 Å². The Morgan fingerprint density at radius 1 is 1.38 bits per heavy atom. The van der Waals surface area contributed by atoms with E-state index in [-0.39, 0.29) is 5.78 Å². The standard InChI is InChI=1S/C16H27N3O2/c1-4-21-16(8-6-5-7-9-16)14(20)10-15-17-12-18-19(15)11-13(2)3/h12-13H,4-11H2,1-3H3. The second-order valence-corrected chi connectivity index (χ2v) is 6.34. The van der Waals surface area contributed by atoms with Crippen LogP contribution in [0.4, 0.5) is 0 Å². The van der Waals surface area contributed by atoms with Crippen molar-refractivity contribution < 1.29 is 9.53 Å². The summed E-state index contributed by atoms with van der Waals surface area (Å²) >= 11 is 0. The quantitative estimate of drug-likeness (QED) is 0.775. The van der Waals surface area contributed by atoms with Crippen LogP contribution in [0.1, 0.15) is 58.7 Å². The first-order valence-electron chi connectivity index (χ1n) is 8.11. The first-order valence-corrected chi connectivity index (χ1v) is 8.11. The van der Waals surface area contributed by atoms with Crippen LogP contribution in [0, 0.1) is 5.92 Å². The van der Waals surface area contributed by atoms with Crippen molar-refractivity contribution in [1.29, 1.82) is 0 Å². The molecular weight excluding hydrogens is 266 g/mol. The number of carbonyl (C=O) groups excluding carboxylic acids is 1. The number of aromatic nitrogens is 3. The number of nitrogens with zero attached hydrogens (tertiary/aromatic N) is 3. The van der Waals surface area contributed by atoms with Crippen molar-refractivity contribution in [3.05, 3.63) is 12.2 Å². The molecule has 5 nitrogen and oxygen atoms in total. The van der Waals surface area contributed by atoms with Gasteiger partial charge in [0.25, 0.3) is 0 Å². The lowest BCUT2D eigenvalue weighted by Crippen LogP contribution is -2.44. The minimum Gasteiger partial charge on any atom is -0.367 e. The first kappa shape index (κ1) is 16.1. The summed E-state index contributed by atoms with van der Waals surface area (Å²) in [4.78, 5) is 17.1. The fourth-order valence-electron chi connectivity index (χ4n) is 3.13. The van der Waals surface area contributed by atoms with Crippen LogP contribution in [0.5, 0.6) is 0 Å². The van der Waals surface area contributed by atoms with Crippen molar-refractivity contribution in [1.82, 2.24) is 14.8 Å². The summed E-state index contributed by atoms with van der Waals surface area (Å²) < 4.78 is 7.75. The second-order valence-electron chi connectivity index (χ2n) is 6.34. The van der Waals surface area contributed by atoms with E-state index in [0.717, 1.165) is 38.1 Å². The van der Waals surface area contributed by atoms with Crippen LogP contribution in [0.15, 0.2) is 6.33 Å². The summed E-state index contributed by atoms with van der Waals surface area (Å²) in [5.41, 5.74) is -0.582. The Morgan fingerprint density at radius 3 is 2.71 bits per heavy atom. The molecule has 0 aliphatic heterocycles. The summed E-state index contributed by atoms with van der Waals surface area (Å²) in [5.74, 6) is 1.41. The Balaban J connectivity index is 2.10. The zero-order chi connectivity index (χ0) is 15.3. The van der Waals surface area contributed by atoms with E-state index in [1.54, 1.807) is 6.33 Å². The van der Waals surface area contributed by atoms with E-state index >= 15 is 0 Å². The third-order valence-corrected chi connectivity index (χ3v) is 4.14. The molecule has 1 aliphatic carbocycles. The second kappa shape index (κ2) is 7.16. The smallest absolute Gasteiger partial charge is 0.172 e. The van der Waals surface area contributed by atoms with Gasteiger partial charge in [0.05, 0.1) is 6.42 Å². The maximum Gasteiger partial charge on any atom is 0.172 e. The molecule has 1 aromatic rings. The highest BCUT2D eigenvalue weighted by Gasteiger charge is 2.40. The molecule has 21 heavy (non-hydrogen) atoms. The van der Waals surface area contributed by atoms with Crippen molar-refractivity contribution >= 4 is 5.78 Å². The lowest BCUT2D eigenvalue weighted by molar-refractivity contribution is -0.148. The molecule has 0 spiro atoms. The number of hydrogen-bond donors (Lipinski definition) is 0. The summed E-state index contributed by atoms with van der Waals surface area (Å²) in [5, 5.41) is 4.24. The van der Waals surface area contributed by atoms with Gasteiger partial charge in [0.1, 0.15) is 17.8 Å². The minimum atomic E-state index is -0.582. The van der Waals surface area contributed by atoms with Gasteiger partial charge >= 0.3 is 0 Å². The van der Waals surface area contributed by atoms with Crippen LogP contribution in [-0.2, 0) is 22.5 Å². The predicted molar refractivity (Wildman–Crippen MR) is 81.0 cm³/mol. The van der Waals surface area contributed by atoms with Crippen molar-refractivity contribution in [3.8, 4) is 0 Å². The Labute approximate surface area is 127 Å². The molecule has 118 valence electrons. The normalized spacial score (nSPS) is 18.1. The number of hydrogen-bond acceptors (Lipinski definition) is 4. The summed E-state index contributed by atoms with van der Waals surface area (Å²) in [6.07, 6.45) is 6.91. The molecule has 0 amide bonds. The number of rotatable bonds is 7. The van der Waals surface area contributed by atoms with Gasteiger partial charge in [-0.1, -0.05) is 33.1 Å². The van der Waals surface area contributed by atoms with Gasteiger partial charge in [0.2, 0.25) is 0 Å². The average molecular weight is 293 g/mol. The molecule has 5 heteroatoms. The van der Waals surface area contributed by atoms with Gasteiger partial charge in [-0.15, -0.1) is 0 Å². The molecule has 1 saturated carbocycles. The summed E-state index contributed by atoms with van der Waals surface area (Å²) in [6.45, 7) is 7.62. The molecular formula is C16H27N3O2. The van der Waals surface area contributed by atoms with Crippen LogP contribution in [-0.4, -0.2) is 32.8 Å². The Hall–Kier alpha value is -1.23. The molecule has 2 rings (SSSR count). The molecule has 0 saturated heterocycles. The van der Waals surface area contributed by atoms with Crippen molar-refractivity contribution in [2.45, 2.75) is 71.4 Å². The van der Waals surface area contributed by atoms with Crippen molar-refractivity contribution in [3.63, 3.8) is 0 Å². The number of ether oxygens (including phenoxy) is 1. The molecule has 0 atom stereocenters. The van der Waals surface area contributed by atoms with Gasteiger partial charge < -0.3 is 4.74 Å². The molecule has 1 heterocycles. The van der Waals surface area contributed by atoms with Crippen molar-refractivity contribution in [2.24, 2.45) is 5.92 Å². The predicted octanol–water partition coefficient (Wildman–Crippen LogP) is 2.79. The molecule has 0 N–H and O–H groups in total. The molecule has 0 radical (unpaired) electrons. The molecule has 0 aromatic carbocycles. The van der Waals surface area contributed by atoms with E-state index < -0.39 is 5.60 Å². The van der Waals surface area contributed by atoms with Crippen LogP contribution in [0.2, 0.25) is 0 Å². The van der Waals surface area contributed by atoms with Gasteiger partial charge in [0, 0.05) is 13.2 Å². The fraction of sp³-hybridized carbons (Fsp3) is 0.812. The van der Waals surface area contributed by atoms with E-state index in [1.807, 2.05) is 11.6 Å². The Bertz CT molecular complexity index is 456. The minimum absolute atomic E-state index is 0.169. The molecule has 1 aromatic heterocycles. The van der Waals surface area contributed by atoms with Crippen LogP contribution in [0.3, 0.4) is 0 Å². The Kier molecular flexibility index (Phi) is 5.51. The Morgan fingerprint density at radius 2 is 2.10 bits per heavy atom. The zero-order valence-electron chi connectivity index (χ0n) is 13.5. The molecule has 0 bridgehead atoms. The zero-order valence-corrected chi connectivity index (χ0v) is 13.5. The van der Waals surface area contributed by atoms with E-state index in [4.69, 9.17) is 4.74 Å². The SMILES string of the molecule is CCOC1(C(=O)Cc2ncnn2CC(C)C)CCCCC1. The fourth-order valence-corrected chi connectivity index (χ4v) is 3.13. The highest BCUT2D eigenvalue weighted by Crippen LogP contribution is 2.33. The number of carbonyl (C=O) groups is 1. The lowest BCUT2D eigenvalue weighted by atomic mass is 9.80. The van der Waals surface area contributed by atoms with Crippen LogP contribution < -0.4 is 0 Å². The summed E-state index contributed by atoms with van der Waals surface area (Å²) in [7, 11) is 0. The topological polar surface area (TPSA) is 57.0 Å². The molecule has 0 unspecified atom stereocenters. The average Bonchev–Trinajstić information content (AvgIpc) is 2.86. The van der Waals surface area contributed by atoms with Crippen molar-refractivity contribution in [2.75, 3.05) is 6.61 Å². The van der Waals surface area contributed by atoms with Crippen LogP contribution >= 0.6 is 0 Å². The van der Waals surface area contributed by atoms with E-state index in [0.29, 0.717) is 18.9 Å². The van der Waals surface area contributed by atoms with Crippen LogP contribution in [0.25, 0.3) is 0 Å². The number of ketones is 1. The first-order chi connectivity index (χ1) is 10.1. The summed E-state index contributed by atoms with van der Waals surface area (Å²) in [6, 6.07) is 0. The third-order valence-electron chi connectivity index (χ3n) is 4.14. The highest BCUT2D eigenvalue weighted by atomic mass is 16.5. The van der Waals surface area contributed by atoms with Gasteiger partial charge in [-0.05, 0) is 25.7 Å². The van der Waals surface area contributed by atoms with Gasteiger partial charge in [-0.25, -0.2) is 9.67 Å². The van der Waals surface area contributed by atoms with Gasteiger partial charge in [-0.2, -0.15) is 5.10 Å². The highest BCUT2D eigenvalue weighted by molar-refractivity contribution is 5.88. The van der Waals surface area contributed by atoms with E-state index in [1.165, 1.54) is 6.42 Å². The molecule has 1 fully saturated rings. The maximum atomic E-state index is 12.8. The lowest BCUT2D eigenvalue weighted by Gasteiger charge is -2.35. The van der Waals surface area contributed by atoms with E-state index in [2.05, 4.69) is 23.9 Å². The maximum absolute atomic E-state index is 12.8. The monoisotopic (exact) mass is 293 g/mol. The third kappa shape index (κ3) is 3.90. The number of Topliss-reactive ketones (excluding diaryl/α,β-unsaturated/α-hetero) is 1. The molecule has 1 aliphatic rings.